The molecule has 0 fully saturated rings. The second kappa shape index (κ2) is 8.80. The number of primary amides is 1. The Hall–Kier alpha value is -3.99. The Balaban J connectivity index is 1.76. The summed E-state index contributed by atoms with van der Waals surface area (Å²) in [7, 11) is 3.18. The van der Waals surface area contributed by atoms with E-state index >= 15 is 0 Å². The van der Waals surface area contributed by atoms with Crippen molar-refractivity contribution in [2.45, 2.75) is 31.0 Å². The summed E-state index contributed by atoms with van der Waals surface area (Å²) in [6, 6.07) is 9.99. The first-order valence-corrected chi connectivity index (χ1v) is 12.2. The molecule has 0 unspecified atom stereocenters. The van der Waals surface area contributed by atoms with Gasteiger partial charge in [0, 0.05) is 23.6 Å². The van der Waals surface area contributed by atoms with Crippen molar-refractivity contribution < 1.29 is 34.8 Å². The van der Waals surface area contributed by atoms with Crippen molar-refractivity contribution in [2.24, 2.45) is 23.3 Å². The third-order valence-corrected chi connectivity index (χ3v) is 8.11. The van der Waals surface area contributed by atoms with Gasteiger partial charge in [-0.05, 0) is 55.6 Å². The average molecular weight is 520 g/mol. The fraction of sp³-hybridized carbons (Fsp3) is 0.321. The van der Waals surface area contributed by atoms with Crippen LogP contribution in [-0.4, -0.2) is 68.5 Å². The number of nitrogens with two attached hydrogens (primary N) is 2. The molecule has 0 heterocycles. The zero-order valence-electron chi connectivity index (χ0n) is 20.9. The van der Waals surface area contributed by atoms with E-state index in [1.165, 1.54) is 4.90 Å². The lowest BCUT2D eigenvalue weighted by atomic mass is 9.58. The minimum atomic E-state index is -2.67. The second-order valence-electron chi connectivity index (χ2n) is 10.3. The standard InChI is InChI=1S/C28H29N3O7/c1-31(2)21-17-10-13-8-16-15(12-6-4-3-5-7-12)9-14(11-29)22(32)19(16)23(33)18(13)25(35)28(17,38)26(36)20(24(21)34)27(30)37/h3-7,9,13,17,21,32,34-35,38H,8,10-11,29H2,1-2H3,(H2,30,37)/t13-,17+,21+,28-/m0/s1. The van der Waals surface area contributed by atoms with Gasteiger partial charge in [0.2, 0.25) is 5.78 Å². The molecule has 38 heavy (non-hydrogen) atoms. The van der Waals surface area contributed by atoms with Crippen LogP contribution in [0.15, 0.2) is 59.1 Å². The first-order chi connectivity index (χ1) is 17.9. The van der Waals surface area contributed by atoms with E-state index in [2.05, 4.69) is 0 Å². The van der Waals surface area contributed by atoms with Crippen LogP contribution in [0.25, 0.3) is 11.1 Å². The number of carbonyl (C=O) groups excluding carboxylic acids is 3. The van der Waals surface area contributed by atoms with Crippen LogP contribution in [0.3, 0.4) is 0 Å². The zero-order valence-corrected chi connectivity index (χ0v) is 20.9. The number of hydrogen-bond acceptors (Lipinski definition) is 9. The average Bonchev–Trinajstić information content (AvgIpc) is 2.86. The SMILES string of the molecule is CN(C)[C@H]1C(O)=C(C(N)=O)C(=O)[C@@]2(O)C(O)=C3C(=O)c4c(O)c(CN)cc(-c5ccccc5)c4C[C@H]3C[C@H]12. The summed E-state index contributed by atoms with van der Waals surface area (Å²) in [4.78, 5) is 41.0. The molecule has 0 saturated heterocycles. The number of rotatable bonds is 4. The highest BCUT2D eigenvalue weighted by Gasteiger charge is 2.63. The molecule has 0 aromatic heterocycles. The number of phenolic OH excluding ortho intramolecular Hbond substituents is 1. The lowest BCUT2D eigenvalue weighted by Gasteiger charge is -2.50. The number of aliphatic hydroxyl groups excluding tert-OH is 2. The van der Waals surface area contributed by atoms with E-state index in [0.717, 1.165) is 5.56 Å². The van der Waals surface area contributed by atoms with E-state index in [1.807, 2.05) is 30.3 Å². The molecule has 0 saturated carbocycles. The highest BCUT2D eigenvalue weighted by molar-refractivity contribution is 6.25. The normalized spacial score (nSPS) is 26.8. The lowest BCUT2D eigenvalue weighted by Crippen LogP contribution is -2.63. The molecule has 5 rings (SSSR count). The third-order valence-electron chi connectivity index (χ3n) is 8.11. The largest absolute Gasteiger partial charge is 0.510 e. The van der Waals surface area contributed by atoms with Crippen LogP contribution in [0.5, 0.6) is 5.75 Å². The molecule has 0 aliphatic heterocycles. The van der Waals surface area contributed by atoms with Gasteiger partial charge in [-0.2, -0.15) is 0 Å². The van der Waals surface area contributed by atoms with E-state index in [0.29, 0.717) is 16.7 Å². The summed E-state index contributed by atoms with van der Waals surface area (Å²) in [5.41, 5.74) is 9.87. The van der Waals surface area contributed by atoms with Crippen molar-refractivity contribution in [3.63, 3.8) is 0 Å². The van der Waals surface area contributed by atoms with E-state index in [4.69, 9.17) is 11.5 Å². The first kappa shape index (κ1) is 25.7. The van der Waals surface area contributed by atoms with Gasteiger partial charge in [-0.25, -0.2) is 0 Å². The van der Waals surface area contributed by atoms with Crippen LogP contribution >= 0.6 is 0 Å². The van der Waals surface area contributed by atoms with Gasteiger partial charge in [-0.15, -0.1) is 0 Å². The summed E-state index contributed by atoms with van der Waals surface area (Å²) in [5, 5.41) is 45.0. The van der Waals surface area contributed by atoms with Gasteiger partial charge in [0.05, 0.1) is 11.6 Å². The number of likely N-dealkylation sites (N-methyl/N-ethyl adjacent to an activating group) is 1. The molecule has 2 aromatic carbocycles. The molecule has 4 atom stereocenters. The Kier molecular flexibility index (Phi) is 5.94. The number of fused-ring (bicyclic) bond motifs is 3. The molecule has 2 aromatic rings. The van der Waals surface area contributed by atoms with Gasteiger partial charge >= 0.3 is 0 Å². The van der Waals surface area contributed by atoms with Crippen LogP contribution in [0.4, 0.5) is 0 Å². The predicted octanol–water partition coefficient (Wildman–Crippen LogP) is 1.25. The number of aliphatic hydroxyl groups is 3. The zero-order chi connectivity index (χ0) is 27.7. The molecule has 3 aliphatic rings. The molecule has 0 radical (unpaired) electrons. The Morgan fingerprint density at radius 1 is 1.13 bits per heavy atom. The summed E-state index contributed by atoms with van der Waals surface area (Å²) < 4.78 is 0. The maximum absolute atomic E-state index is 13.9. The van der Waals surface area contributed by atoms with Crippen molar-refractivity contribution in [2.75, 3.05) is 14.1 Å². The van der Waals surface area contributed by atoms with Crippen LogP contribution in [0.1, 0.15) is 27.9 Å². The van der Waals surface area contributed by atoms with Gasteiger partial charge in [0.25, 0.3) is 5.91 Å². The van der Waals surface area contributed by atoms with Crippen molar-refractivity contribution >= 4 is 17.5 Å². The number of ketones is 2. The number of Topliss-reactive ketones (excluding diaryl/α,β-unsaturated/α-hetero) is 2. The lowest BCUT2D eigenvalue weighted by molar-refractivity contribution is -0.148. The first-order valence-electron chi connectivity index (χ1n) is 12.2. The summed E-state index contributed by atoms with van der Waals surface area (Å²) in [6.07, 6.45) is 0.233. The van der Waals surface area contributed by atoms with E-state index in [-0.39, 0.29) is 36.3 Å². The maximum atomic E-state index is 13.9. The minimum Gasteiger partial charge on any atom is -0.510 e. The van der Waals surface area contributed by atoms with Crippen LogP contribution in [0.2, 0.25) is 0 Å². The third kappa shape index (κ3) is 3.34. The Bertz CT molecular complexity index is 1460. The smallest absolute Gasteiger partial charge is 0.255 e. The number of phenols is 1. The molecular weight excluding hydrogens is 490 g/mol. The van der Waals surface area contributed by atoms with Gasteiger partial charge in [-0.1, -0.05) is 30.3 Å². The van der Waals surface area contributed by atoms with E-state index in [9.17, 15) is 34.8 Å². The molecule has 0 spiro atoms. The van der Waals surface area contributed by atoms with Crippen molar-refractivity contribution in [3.8, 4) is 16.9 Å². The summed E-state index contributed by atoms with van der Waals surface area (Å²) in [5.74, 6) is -6.80. The molecule has 10 nitrogen and oxygen atoms in total. The van der Waals surface area contributed by atoms with Gasteiger partial charge < -0.3 is 31.9 Å². The van der Waals surface area contributed by atoms with E-state index in [1.54, 1.807) is 20.2 Å². The summed E-state index contributed by atoms with van der Waals surface area (Å²) >= 11 is 0. The maximum Gasteiger partial charge on any atom is 0.255 e. The highest BCUT2D eigenvalue weighted by atomic mass is 16.3. The van der Waals surface area contributed by atoms with Gasteiger partial charge in [0.1, 0.15) is 22.8 Å². The molecule has 10 heteroatoms. The van der Waals surface area contributed by atoms with Crippen LogP contribution < -0.4 is 11.5 Å². The number of allylic oxidation sites excluding steroid dienone is 1. The predicted molar refractivity (Wildman–Crippen MR) is 137 cm³/mol. The number of aromatic hydroxyl groups is 1. The van der Waals surface area contributed by atoms with Gasteiger partial charge in [-0.3, -0.25) is 19.3 Å². The topological polar surface area (TPSA) is 187 Å². The van der Waals surface area contributed by atoms with Gasteiger partial charge in [0.15, 0.2) is 11.4 Å². The fourth-order valence-corrected chi connectivity index (χ4v) is 6.41. The second-order valence-corrected chi connectivity index (χ2v) is 10.3. The monoisotopic (exact) mass is 519 g/mol. The highest BCUT2D eigenvalue weighted by Crippen LogP contribution is 2.53. The molecule has 198 valence electrons. The molecule has 8 N–H and O–H groups in total. The molecule has 0 bridgehead atoms. The quantitative estimate of drug-likeness (QED) is 0.323. The molecule has 3 aliphatic carbocycles. The summed E-state index contributed by atoms with van der Waals surface area (Å²) in [6.45, 7) is -0.0538. The molecule has 1 amide bonds. The van der Waals surface area contributed by atoms with Crippen LogP contribution in [-0.2, 0) is 22.6 Å². The number of nitrogens with zero attached hydrogens (tertiary/aromatic N) is 1. The number of carbonyl (C=O) groups is 3. The van der Waals surface area contributed by atoms with Crippen molar-refractivity contribution in [1.82, 2.24) is 4.90 Å². The van der Waals surface area contributed by atoms with Crippen LogP contribution in [0, 0.1) is 11.8 Å². The van der Waals surface area contributed by atoms with Crippen molar-refractivity contribution in [3.05, 3.63) is 75.8 Å². The van der Waals surface area contributed by atoms with Crippen molar-refractivity contribution in [1.29, 1.82) is 0 Å². The fourth-order valence-electron chi connectivity index (χ4n) is 6.41. The number of benzene rings is 2. The Morgan fingerprint density at radius 2 is 1.79 bits per heavy atom. The minimum absolute atomic E-state index is 0.0272. The van der Waals surface area contributed by atoms with E-state index < -0.39 is 58.0 Å². The number of hydrogen-bond donors (Lipinski definition) is 6. The number of amides is 1. The Morgan fingerprint density at radius 3 is 2.37 bits per heavy atom. The molecular formula is C28H29N3O7. The Labute approximate surface area is 218 Å².